The third kappa shape index (κ3) is 3.26. The van der Waals surface area contributed by atoms with E-state index in [2.05, 4.69) is 36.0 Å². The fourth-order valence-corrected chi connectivity index (χ4v) is 2.85. The lowest BCUT2D eigenvalue weighted by Crippen LogP contribution is -2.25. The summed E-state index contributed by atoms with van der Waals surface area (Å²) in [6.45, 7) is 1.49. The lowest BCUT2D eigenvalue weighted by Gasteiger charge is -2.12. The minimum Gasteiger partial charge on any atom is -0.496 e. The minimum atomic E-state index is -0.341. The molecule has 4 N–H and O–H groups in total. The van der Waals surface area contributed by atoms with Crippen LogP contribution >= 0.6 is 12.4 Å². The number of fused-ring (bicyclic) bond motifs is 1. The van der Waals surface area contributed by atoms with Crippen molar-refractivity contribution in [2.75, 3.05) is 19.0 Å². The van der Waals surface area contributed by atoms with Crippen LogP contribution in [-0.2, 0) is 13.0 Å². The number of para-hydroxylation sites is 1. The van der Waals surface area contributed by atoms with Crippen LogP contribution in [0.5, 0.6) is 5.75 Å². The number of nitrogens with one attached hydrogen (secondary N) is 4. The number of methoxy groups -OCH3 is 1. The molecule has 0 fully saturated rings. The molecule has 0 unspecified atom stereocenters. The average Bonchev–Trinajstić information content (AvgIpc) is 3.28. The van der Waals surface area contributed by atoms with E-state index in [1.54, 1.807) is 7.11 Å². The Hall–Kier alpha value is -2.91. The Kier molecular flexibility index (Phi) is 5.19. The van der Waals surface area contributed by atoms with E-state index in [0.29, 0.717) is 23.8 Å². The van der Waals surface area contributed by atoms with Crippen molar-refractivity contribution >= 4 is 24.3 Å². The molecule has 0 atom stereocenters. The number of rotatable bonds is 4. The summed E-state index contributed by atoms with van der Waals surface area (Å²) in [6, 6.07) is 7.44. The molecule has 4 rings (SSSR count). The van der Waals surface area contributed by atoms with E-state index >= 15 is 0 Å². The fourth-order valence-electron chi connectivity index (χ4n) is 2.85. The number of anilines is 1. The van der Waals surface area contributed by atoms with Crippen LogP contribution in [0.4, 0.5) is 5.95 Å². The van der Waals surface area contributed by atoms with Gasteiger partial charge in [0.25, 0.3) is 5.91 Å². The van der Waals surface area contributed by atoms with Crippen LogP contribution in [-0.4, -0.2) is 44.9 Å². The molecule has 0 saturated heterocycles. The van der Waals surface area contributed by atoms with Gasteiger partial charge in [0.2, 0.25) is 5.95 Å². The Morgan fingerprint density at radius 3 is 2.92 bits per heavy atom. The summed E-state index contributed by atoms with van der Waals surface area (Å²) in [5.41, 5.74) is 3.02. The molecule has 3 heterocycles. The van der Waals surface area contributed by atoms with E-state index < -0.39 is 0 Å². The maximum absolute atomic E-state index is 12.5. The number of aromatic nitrogens is 5. The largest absolute Gasteiger partial charge is 0.496 e. The molecule has 26 heavy (non-hydrogen) atoms. The van der Waals surface area contributed by atoms with Gasteiger partial charge in [-0.25, -0.2) is 0 Å². The molecule has 0 saturated carbocycles. The SMILES string of the molecule is COc1ccccc1-c1nc(NC(=O)c2n[nH]c3c2CNCC3)n[nH]1.Cl. The fraction of sp³-hybridized carbons (Fsp3) is 0.250. The van der Waals surface area contributed by atoms with Gasteiger partial charge < -0.3 is 10.1 Å². The topological polar surface area (TPSA) is 121 Å². The van der Waals surface area contributed by atoms with Crippen molar-refractivity contribution in [2.24, 2.45) is 0 Å². The third-order valence-corrected chi connectivity index (χ3v) is 4.09. The number of hydrogen-bond donors (Lipinski definition) is 4. The molecule has 1 aromatic carbocycles. The summed E-state index contributed by atoms with van der Waals surface area (Å²) in [4.78, 5) is 16.8. The zero-order chi connectivity index (χ0) is 17.2. The normalized spacial score (nSPS) is 12.8. The average molecular weight is 376 g/mol. The molecule has 0 spiro atoms. The van der Waals surface area contributed by atoms with Gasteiger partial charge in [0.05, 0.1) is 12.7 Å². The van der Waals surface area contributed by atoms with Crippen molar-refractivity contribution in [2.45, 2.75) is 13.0 Å². The number of benzene rings is 1. The summed E-state index contributed by atoms with van der Waals surface area (Å²) >= 11 is 0. The lowest BCUT2D eigenvalue weighted by molar-refractivity contribution is 0.102. The highest BCUT2D eigenvalue weighted by atomic mass is 35.5. The molecule has 3 aromatic rings. The number of ether oxygens (including phenoxy) is 1. The van der Waals surface area contributed by atoms with Gasteiger partial charge in [-0.15, -0.1) is 17.5 Å². The monoisotopic (exact) mass is 375 g/mol. The molecule has 10 heteroatoms. The number of H-pyrrole nitrogens is 2. The first-order chi connectivity index (χ1) is 12.3. The number of carbonyl (C=O) groups excluding carboxylic acids is 1. The lowest BCUT2D eigenvalue weighted by atomic mass is 10.1. The predicted octanol–water partition coefficient (Wildman–Crippen LogP) is 1.52. The van der Waals surface area contributed by atoms with E-state index in [4.69, 9.17) is 4.74 Å². The Morgan fingerprint density at radius 2 is 2.08 bits per heavy atom. The van der Waals surface area contributed by atoms with Crippen LogP contribution in [0.2, 0.25) is 0 Å². The molecule has 136 valence electrons. The first-order valence-corrected chi connectivity index (χ1v) is 7.90. The van der Waals surface area contributed by atoms with Crippen molar-refractivity contribution in [3.63, 3.8) is 0 Å². The Labute approximate surface area is 155 Å². The summed E-state index contributed by atoms with van der Waals surface area (Å²) in [5, 5.41) is 19.8. The van der Waals surface area contributed by atoms with Gasteiger partial charge >= 0.3 is 0 Å². The molecule has 1 aliphatic heterocycles. The maximum atomic E-state index is 12.5. The van der Waals surface area contributed by atoms with Crippen molar-refractivity contribution in [3.05, 3.63) is 41.2 Å². The summed E-state index contributed by atoms with van der Waals surface area (Å²) in [5.74, 6) is 1.03. The quantitative estimate of drug-likeness (QED) is 0.548. The second-order valence-electron chi connectivity index (χ2n) is 5.62. The second kappa shape index (κ2) is 7.54. The van der Waals surface area contributed by atoms with E-state index in [1.165, 1.54) is 0 Å². The summed E-state index contributed by atoms with van der Waals surface area (Å²) < 4.78 is 5.32. The molecule has 0 radical (unpaired) electrons. The third-order valence-electron chi connectivity index (χ3n) is 4.09. The molecule has 9 nitrogen and oxygen atoms in total. The van der Waals surface area contributed by atoms with E-state index in [1.807, 2.05) is 24.3 Å². The minimum absolute atomic E-state index is 0. The van der Waals surface area contributed by atoms with Crippen LogP contribution in [0, 0.1) is 0 Å². The second-order valence-corrected chi connectivity index (χ2v) is 5.62. The molecular formula is C16H18ClN7O2. The van der Waals surface area contributed by atoms with E-state index in [-0.39, 0.29) is 24.3 Å². The maximum Gasteiger partial charge on any atom is 0.278 e. The number of aromatic amines is 2. The smallest absolute Gasteiger partial charge is 0.278 e. The molecule has 0 bridgehead atoms. The standard InChI is InChI=1S/C16H17N7O2.ClH/c1-25-12-5-3-2-4-9(12)14-18-16(23-22-14)19-15(24)13-10-8-17-7-6-11(10)20-21-13;/h2-5,17H,6-8H2,1H3,(H,20,21)(H2,18,19,22,23,24);1H. The Balaban J connectivity index is 0.00000196. The number of carbonyl (C=O) groups is 1. The highest BCUT2D eigenvalue weighted by molar-refractivity contribution is 6.03. The van der Waals surface area contributed by atoms with Gasteiger partial charge in [0.1, 0.15) is 5.75 Å². The molecule has 0 aliphatic carbocycles. The molecule has 1 aliphatic rings. The van der Waals surface area contributed by atoms with Crippen LogP contribution < -0.4 is 15.4 Å². The van der Waals surface area contributed by atoms with Gasteiger partial charge in [-0.1, -0.05) is 12.1 Å². The Bertz CT molecular complexity index is 921. The first-order valence-electron chi connectivity index (χ1n) is 7.90. The van der Waals surface area contributed by atoms with Crippen LogP contribution in [0.1, 0.15) is 21.7 Å². The number of amides is 1. The predicted molar refractivity (Wildman–Crippen MR) is 97.6 cm³/mol. The summed E-state index contributed by atoms with van der Waals surface area (Å²) in [6.07, 6.45) is 0.828. The zero-order valence-corrected chi connectivity index (χ0v) is 14.8. The van der Waals surface area contributed by atoms with E-state index in [0.717, 1.165) is 29.8 Å². The van der Waals surface area contributed by atoms with Gasteiger partial charge in [-0.3, -0.25) is 20.3 Å². The molecule has 2 aromatic heterocycles. The number of nitrogens with zero attached hydrogens (tertiary/aromatic N) is 3. The van der Waals surface area contributed by atoms with Crippen molar-refractivity contribution in [1.82, 2.24) is 30.7 Å². The Morgan fingerprint density at radius 1 is 1.23 bits per heavy atom. The van der Waals surface area contributed by atoms with E-state index in [9.17, 15) is 4.79 Å². The van der Waals surface area contributed by atoms with Crippen LogP contribution in [0.25, 0.3) is 11.4 Å². The van der Waals surface area contributed by atoms with Crippen LogP contribution in [0.15, 0.2) is 24.3 Å². The highest BCUT2D eigenvalue weighted by Crippen LogP contribution is 2.27. The van der Waals surface area contributed by atoms with Crippen molar-refractivity contribution in [3.8, 4) is 17.1 Å². The van der Waals surface area contributed by atoms with Gasteiger partial charge in [-0.2, -0.15) is 10.1 Å². The van der Waals surface area contributed by atoms with Gasteiger partial charge in [0.15, 0.2) is 11.5 Å². The first kappa shape index (κ1) is 17.9. The highest BCUT2D eigenvalue weighted by Gasteiger charge is 2.22. The number of hydrogen-bond acceptors (Lipinski definition) is 6. The number of halogens is 1. The van der Waals surface area contributed by atoms with Crippen molar-refractivity contribution < 1.29 is 9.53 Å². The molecular weight excluding hydrogens is 358 g/mol. The zero-order valence-electron chi connectivity index (χ0n) is 14.0. The van der Waals surface area contributed by atoms with Gasteiger partial charge in [0, 0.05) is 30.8 Å². The summed E-state index contributed by atoms with van der Waals surface area (Å²) in [7, 11) is 1.59. The molecule has 1 amide bonds. The van der Waals surface area contributed by atoms with Gasteiger partial charge in [-0.05, 0) is 12.1 Å². The van der Waals surface area contributed by atoms with Crippen LogP contribution in [0.3, 0.4) is 0 Å². The van der Waals surface area contributed by atoms with Crippen molar-refractivity contribution in [1.29, 1.82) is 0 Å².